The fourth-order valence-corrected chi connectivity index (χ4v) is 3.66. The van der Waals surface area contributed by atoms with Crippen molar-refractivity contribution in [2.45, 2.75) is 77.6 Å². The molecule has 1 fully saturated rings. The van der Waals surface area contributed by atoms with Crippen molar-refractivity contribution in [3.05, 3.63) is 6.92 Å². The first-order valence-corrected chi connectivity index (χ1v) is 9.33. The Morgan fingerprint density at radius 3 is 2.11 bits per heavy atom. The van der Waals surface area contributed by atoms with Crippen molar-refractivity contribution in [3.63, 3.8) is 0 Å². The lowest BCUT2D eigenvalue weighted by atomic mass is 10.1. The van der Waals surface area contributed by atoms with E-state index in [1.807, 2.05) is 11.8 Å². The zero-order valence-corrected chi connectivity index (χ0v) is 13.6. The smallest absolute Gasteiger partial charge is 0.0707 e. The Labute approximate surface area is 125 Å². The molecule has 111 valence electrons. The van der Waals surface area contributed by atoms with E-state index in [1.165, 1.54) is 81.4 Å². The van der Waals surface area contributed by atoms with Crippen LogP contribution >= 0.6 is 11.8 Å². The third kappa shape index (κ3) is 8.73. The fraction of sp³-hybridized carbons (Fsp3) is 0.882. The summed E-state index contributed by atoms with van der Waals surface area (Å²) in [5, 5.41) is 1.32. The minimum absolute atomic E-state index is 0.494. The van der Waals surface area contributed by atoms with Crippen LogP contribution in [-0.4, -0.2) is 17.3 Å². The molecule has 0 aliphatic carbocycles. The highest BCUT2D eigenvalue weighted by Gasteiger charge is 2.17. The molecule has 0 aromatic carbocycles. The van der Waals surface area contributed by atoms with Gasteiger partial charge in [0.25, 0.3) is 0 Å². The van der Waals surface area contributed by atoms with Gasteiger partial charge in [-0.2, -0.15) is 0 Å². The fourth-order valence-electron chi connectivity index (χ4n) is 2.51. The maximum Gasteiger partial charge on any atom is 0.0707 e. The number of unbranched alkanes of at least 4 members (excludes halogenated alkanes) is 9. The highest BCUT2D eigenvalue weighted by molar-refractivity contribution is 8.14. The molecule has 1 atom stereocenters. The first-order chi connectivity index (χ1) is 9.34. The lowest BCUT2D eigenvalue weighted by Crippen LogP contribution is -2.00. The van der Waals surface area contributed by atoms with Gasteiger partial charge < -0.3 is 0 Å². The predicted molar refractivity (Wildman–Crippen MR) is 90.1 cm³/mol. The van der Waals surface area contributed by atoms with Crippen LogP contribution in [0.15, 0.2) is 4.99 Å². The summed E-state index contributed by atoms with van der Waals surface area (Å²) < 4.78 is 0. The Morgan fingerprint density at radius 1 is 1.00 bits per heavy atom. The van der Waals surface area contributed by atoms with Crippen LogP contribution in [0.2, 0.25) is 0 Å². The minimum atomic E-state index is 0.494. The number of nitrogens with zero attached hydrogens (tertiary/aromatic N) is 1. The molecule has 1 unspecified atom stereocenters. The first kappa shape index (κ1) is 17.1. The van der Waals surface area contributed by atoms with Crippen LogP contribution in [0.1, 0.15) is 77.6 Å². The summed E-state index contributed by atoms with van der Waals surface area (Å²) in [4.78, 5) is 4.69. The van der Waals surface area contributed by atoms with Gasteiger partial charge in [-0.1, -0.05) is 64.7 Å². The molecule has 1 heterocycles. The van der Waals surface area contributed by atoms with Crippen molar-refractivity contribution >= 4 is 16.8 Å². The third-order valence-corrected chi connectivity index (χ3v) is 5.04. The van der Waals surface area contributed by atoms with E-state index in [0.717, 1.165) is 6.54 Å². The average molecular weight is 283 g/mol. The van der Waals surface area contributed by atoms with E-state index >= 15 is 0 Å². The molecule has 1 nitrogen and oxygen atoms in total. The quantitative estimate of drug-likeness (QED) is 0.430. The van der Waals surface area contributed by atoms with Crippen LogP contribution in [-0.2, 0) is 0 Å². The van der Waals surface area contributed by atoms with Crippen LogP contribution in [0.4, 0.5) is 0 Å². The van der Waals surface area contributed by atoms with Gasteiger partial charge >= 0.3 is 0 Å². The van der Waals surface area contributed by atoms with Gasteiger partial charge in [0, 0.05) is 12.5 Å². The Morgan fingerprint density at radius 2 is 1.58 bits per heavy atom. The highest BCUT2D eigenvalue weighted by Crippen LogP contribution is 2.26. The molecular weight excluding hydrogens is 250 g/mol. The van der Waals surface area contributed by atoms with E-state index in [0.29, 0.717) is 5.92 Å². The van der Waals surface area contributed by atoms with Crippen molar-refractivity contribution in [2.75, 3.05) is 12.3 Å². The zero-order valence-electron chi connectivity index (χ0n) is 12.8. The monoisotopic (exact) mass is 282 g/mol. The van der Waals surface area contributed by atoms with Crippen LogP contribution in [0.25, 0.3) is 0 Å². The molecule has 1 aliphatic heterocycles. The standard InChI is InChI=1S/C17H32NS/c1-3-4-5-6-7-8-9-10-11-12-14-18-17-16(2)13-15-19-17/h16H,2-15H2,1H3. The van der Waals surface area contributed by atoms with Crippen LogP contribution in [0, 0.1) is 12.8 Å². The van der Waals surface area contributed by atoms with E-state index in [9.17, 15) is 0 Å². The van der Waals surface area contributed by atoms with Crippen molar-refractivity contribution in [1.29, 1.82) is 0 Å². The zero-order chi connectivity index (χ0) is 13.8. The van der Waals surface area contributed by atoms with Gasteiger partial charge in [-0.15, -0.1) is 11.8 Å². The van der Waals surface area contributed by atoms with Gasteiger partial charge in [0.1, 0.15) is 0 Å². The molecule has 1 rings (SSSR count). The van der Waals surface area contributed by atoms with E-state index in [-0.39, 0.29) is 0 Å². The summed E-state index contributed by atoms with van der Waals surface area (Å²) in [6.45, 7) is 7.45. The molecule has 0 saturated carbocycles. The summed E-state index contributed by atoms with van der Waals surface area (Å²) in [7, 11) is 0. The van der Waals surface area contributed by atoms with Crippen LogP contribution in [0.3, 0.4) is 0 Å². The molecule has 1 aliphatic rings. The van der Waals surface area contributed by atoms with E-state index in [2.05, 4.69) is 18.8 Å². The Balaban J connectivity index is 1.81. The molecular formula is C17H32NS. The normalized spacial score (nSPS) is 21.4. The largest absolute Gasteiger partial charge is 0.283 e. The van der Waals surface area contributed by atoms with Gasteiger partial charge in [0.2, 0.25) is 0 Å². The lowest BCUT2D eigenvalue weighted by Gasteiger charge is -2.03. The molecule has 0 N–H and O–H groups in total. The SMILES string of the molecule is [CH2]C1CCSC1=NCCCCCCCCCCCC. The number of thioether (sulfide) groups is 1. The molecule has 0 aromatic rings. The van der Waals surface area contributed by atoms with Crippen LogP contribution < -0.4 is 0 Å². The third-order valence-electron chi connectivity index (χ3n) is 3.84. The Kier molecular flexibility index (Phi) is 10.6. The van der Waals surface area contributed by atoms with Gasteiger partial charge in [-0.05, 0) is 25.5 Å². The maximum atomic E-state index is 4.69. The molecule has 0 aromatic heterocycles. The van der Waals surface area contributed by atoms with Gasteiger partial charge in [-0.3, -0.25) is 4.99 Å². The second-order valence-electron chi connectivity index (χ2n) is 5.74. The van der Waals surface area contributed by atoms with Crippen molar-refractivity contribution in [3.8, 4) is 0 Å². The Bertz CT molecular complexity index is 237. The van der Waals surface area contributed by atoms with Crippen molar-refractivity contribution < 1.29 is 0 Å². The molecule has 0 amide bonds. The van der Waals surface area contributed by atoms with E-state index in [4.69, 9.17) is 0 Å². The summed E-state index contributed by atoms with van der Waals surface area (Å²) in [6, 6.07) is 0. The molecule has 1 radical (unpaired) electrons. The lowest BCUT2D eigenvalue weighted by molar-refractivity contribution is 0.558. The average Bonchev–Trinajstić information content (AvgIpc) is 2.82. The molecule has 2 heteroatoms. The topological polar surface area (TPSA) is 12.4 Å². The second-order valence-corrected chi connectivity index (χ2v) is 6.85. The van der Waals surface area contributed by atoms with Crippen molar-refractivity contribution in [1.82, 2.24) is 0 Å². The maximum absolute atomic E-state index is 4.69. The summed E-state index contributed by atoms with van der Waals surface area (Å²) in [5.74, 6) is 1.72. The van der Waals surface area contributed by atoms with Gasteiger partial charge in [0.15, 0.2) is 0 Å². The molecule has 19 heavy (non-hydrogen) atoms. The predicted octanol–water partition coefficient (Wildman–Crippen LogP) is 5.89. The minimum Gasteiger partial charge on any atom is -0.283 e. The molecule has 1 saturated heterocycles. The summed E-state index contributed by atoms with van der Waals surface area (Å²) in [6.07, 6.45) is 15.2. The number of aliphatic imine (C=N–C) groups is 1. The highest BCUT2D eigenvalue weighted by atomic mass is 32.2. The number of hydrogen-bond donors (Lipinski definition) is 0. The van der Waals surface area contributed by atoms with Crippen molar-refractivity contribution in [2.24, 2.45) is 10.9 Å². The molecule has 0 bridgehead atoms. The number of hydrogen-bond acceptors (Lipinski definition) is 2. The number of rotatable bonds is 11. The Hall–Kier alpha value is 0.0200. The van der Waals surface area contributed by atoms with Crippen LogP contribution in [0.5, 0.6) is 0 Å². The van der Waals surface area contributed by atoms with E-state index < -0.39 is 0 Å². The van der Waals surface area contributed by atoms with E-state index in [1.54, 1.807) is 0 Å². The summed E-state index contributed by atoms with van der Waals surface area (Å²) in [5.41, 5.74) is 0. The molecule has 0 spiro atoms. The van der Waals surface area contributed by atoms with Gasteiger partial charge in [-0.25, -0.2) is 0 Å². The summed E-state index contributed by atoms with van der Waals surface area (Å²) >= 11 is 1.92. The second kappa shape index (κ2) is 11.8. The van der Waals surface area contributed by atoms with Gasteiger partial charge in [0.05, 0.1) is 5.04 Å². The first-order valence-electron chi connectivity index (χ1n) is 8.34.